The van der Waals surface area contributed by atoms with Crippen LogP contribution < -0.4 is 5.32 Å². The van der Waals surface area contributed by atoms with Crippen molar-refractivity contribution in [3.05, 3.63) is 34.6 Å². The lowest BCUT2D eigenvalue weighted by Gasteiger charge is -2.12. The monoisotopic (exact) mass is 227 g/mol. The van der Waals surface area contributed by atoms with Gasteiger partial charge in [-0.25, -0.2) is 4.39 Å². The molecule has 82 valence electrons. The molecule has 0 radical (unpaired) electrons. The number of halogens is 2. The molecule has 1 aliphatic carbocycles. The van der Waals surface area contributed by atoms with Crippen LogP contribution in [0.2, 0.25) is 5.02 Å². The summed E-state index contributed by atoms with van der Waals surface area (Å²) >= 11 is 5.73. The van der Waals surface area contributed by atoms with Gasteiger partial charge < -0.3 is 5.32 Å². The minimum Gasteiger partial charge on any atom is -0.317 e. The van der Waals surface area contributed by atoms with E-state index >= 15 is 0 Å². The minimum atomic E-state index is -0.163. The van der Waals surface area contributed by atoms with E-state index in [-0.39, 0.29) is 5.82 Å². The van der Waals surface area contributed by atoms with Crippen molar-refractivity contribution < 1.29 is 4.39 Å². The average Bonchev–Trinajstić information content (AvgIpc) is 2.66. The summed E-state index contributed by atoms with van der Waals surface area (Å²) < 4.78 is 13.6. The zero-order chi connectivity index (χ0) is 10.8. The summed E-state index contributed by atoms with van der Waals surface area (Å²) in [7, 11) is 1.96. The van der Waals surface area contributed by atoms with Gasteiger partial charge in [0.05, 0.1) is 0 Å². The summed E-state index contributed by atoms with van der Waals surface area (Å²) in [5, 5.41) is 3.72. The van der Waals surface area contributed by atoms with Crippen LogP contribution in [-0.4, -0.2) is 13.1 Å². The third kappa shape index (κ3) is 2.32. The van der Waals surface area contributed by atoms with Crippen molar-refractivity contribution in [2.75, 3.05) is 7.05 Å². The van der Waals surface area contributed by atoms with Crippen molar-refractivity contribution in [2.24, 2.45) is 0 Å². The lowest BCUT2D eigenvalue weighted by Crippen LogP contribution is -2.21. The first kappa shape index (κ1) is 10.9. The highest BCUT2D eigenvalue weighted by atomic mass is 35.5. The number of hydrogen-bond acceptors (Lipinski definition) is 1. The van der Waals surface area contributed by atoms with Crippen LogP contribution in [0.4, 0.5) is 4.39 Å². The summed E-state index contributed by atoms with van der Waals surface area (Å²) in [5.74, 6) is 0.184. The smallest absolute Gasteiger partial charge is 0.128 e. The topological polar surface area (TPSA) is 12.0 Å². The van der Waals surface area contributed by atoms with E-state index in [1.165, 1.54) is 6.07 Å². The summed E-state index contributed by atoms with van der Waals surface area (Å²) in [6, 6.07) is 5.53. The molecule has 1 saturated carbocycles. The number of hydrogen-bond donors (Lipinski definition) is 1. The fourth-order valence-corrected chi connectivity index (χ4v) is 2.52. The van der Waals surface area contributed by atoms with Crippen LogP contribution >= 0.6 is 11.6 Å². The highest BCUT2D eigenvalue weighted by Crippen LogP contribution is 2.36. The molecule has 2 atom stereocenters. The predicted octanol–water partition coefficient (Wildman–Crippen LogP) is 3.33. The van der Waals surface area contributed by atoms with Crippen molar-refractivity contribution in [2.45, 2.75) is 31.2 Å². The normalized spacial score (nSPS) is 25.8. The Morgan fingerprint density at radius 1 is 1.40 bits per heavy atom. The molecule has 1 aliphatic rings. The van der Waals surface area contributed by atoms with Gasteiger partial charge in [0.25, 0.3) is 0 Å². The van der Waals surface area contributed by atoms with Crippen molar-refractivity contribution in [3.63, 3.8) is 0 Å². The van der Waals surface area contributed by atoms with Crippen LogP contribution in [0.3, 0.4) is 0 Å². The molecule has 0 aromatic heterocycles. The average molecular weight is 228 g/mol. The Kier molecular flexibility index (Phi) is 3.27. The highest BCUT2D eigenvalue weighted by molar-refractivity contribution is 6.30. The molecular formula is C12H15ClFN. The van der Waals surface area contributed by atoms with Crippen molar-refractivity contribution in [3.8, 4) is 0 Å². The molecule has 0 aliphatic heterocycles. The van der Waals surface area contributed by atoms with Gasteiger partial charge in [-0.3, -0.25) is 0 Å². The van der Waals surface area contributed by atoms with Gasteiger partial charge in [-0.15, -0.1) is 0 Å². The summed E-state index contributed by atoms with van der Waals surface area (Å²) in [4.78, 5) is 0. The summed E-state index contributed by atoms with van der Waals surface area (Å²) in [5.41, 5.74) is 0.817. The highest BCUT2D eigenvalue weighted by Gasteiger charge is 2.26. The second kappa shape index (κ2) is 4.50. The van der Waals surface area contributed by atoms with E-state index in [9.17, 15) is 4.39 Å². The molecule has 1 aromatic rings. The molecule has 1 fully saturated rings. The van der Waals surface area contributed by atoms with Crippen LogP contribution in [0.25, 0.3) is 0 Å². The Hall–Kier alpha value is -0.600. The van der Waals surface area contributed by atoms with Gasteiger partial charge in [0.15, 0.2) is 0 Å². The summed E-state index contributed by atoms with van der Waals surface area (Å²) in [6.45, 7) is 0. The molecule has 2 rings (SSSR count). The van der Waals surface area contributed by atoms with Gasteiger partial charge in [-0.1, -0.05) is 17.7 Å². The molecule has 0 amide bonds. The molecule has 2 unspecified atom stereocenters. The van der Waals surface area contributed by atoms with E-state index in [1.807, 2.05) is 13.1 Å². The zero-order valence-corrected chi connectivity index (χ0v) is 9.52. The van der Waals surface area contributed by atoms with E-state index < -0.39 is 0 Å². The van der Waals surface area contributed by atoms with Gasteiger partial charge in [0.2, 0.25) is 0 Å². The minimum absolute atomic E-state index is 0.163. The van der Waals surface area contributed by atoms with Gasteiger partial charge >= 0.3 is 0 Å². The Balaban J connectivity index is 2.17. The predicted molar refractivity (Wildman–Crippen MR) is 60.8 cm³/mol. The second-order valence-corrected chi connectivity index (χ2v) is 4.60. The number of nitrogens with one attached hydrogen (secondary N) is 1. The zero-order valence-electron chi connectivity index (χ0n) is 8.76. The maximum Gasteiger partial charge on any atom is 0.128 e. The third-order valence-electron chi connectivity index (χ3n) is 3.24. The van der Waals surface area contributed by atoms with Crippen LogP contribution in [0.5, 0.6) is 0 Å². The molecule has 3 heteroatoms. The number of rotatable bonds is 2. The molecule has 0 heterocycles. The molecule has 1 nitrogen and oxygen atoms in total. The van der Waals surface area contributed by atoms with E-state index in [0.717, 1.165) is 24.8 Å². The van der Waals surface area contributed by atoms with E-state index in [4.69, 9.17) is 11.6 Å². The fourth-order valence-electron chi connectivity index (χ4n) is 2.36. The fraction of sp³-hybridized carbons (Fsp3) is 0.500. The van der Waals surface area contributed by atoms with Crippen molar-refractivity contribution in [1.29, 1.82) is 0 Å². The molecule has 0 saturated heterocycles. The third-order valence-corrected chi connectivity index (χ3v) is 3.48. The maximum absolute atomic E-state index is 13.6. The SMILES string of the molecule is CNC1CCC(c2ccc(Cl)cc2F)C1. The second-order valence-electron chi connectivity index (χ2n) is 4.16. The van der Waals surface area contributed by atoms with Crippen molar-refractivity contribution >= 4 is 11.6 Å². The van der Waals surface area contributed by atoms with Crippen LogP contribution in [-0.2, 0) is 0 Å². The standard InChI is InChI=1S/C12H15ClFN/c1-15-10-4-2-8(6-10)11-5-3-9(13)7-12(11)14/h3,5,7-8,10,15H,2,4,6H2,1H3. The van der Waals surface area contributed by atoms with Gasteiger partial charge in [0.1, 0.15) is 5.82 Å². The molecule has 0 spiro atoms. The Bertz CT molecular complexity index is 353. The quantitative estimate of drug-likeness (QED) is 0.817. The van der Waals surface area contributed by atoms with Crippen LogP contribution in [0, 0.1) is 5.82 Å². The van der Waals surface area contributed by atoms with Crippen molar-refractivity contribution in [1.82, 2.24) is 5.32 Å². The number of benzene rings is 1. The van der Waals surface area contributed by atoms with E-state index in [1.54, 1.807) is 6.07 Å². The van der Waals surface area contributed by atoms with Gasteiger partial charge in [-0.05, 0) is 49.9 Å². The molecule has 15 heavy (non-hydrogen) atoms. The maximum atomic E-state index is 13.6. The first-order valence-corrected chi connectivity index (χ1v) is 5.70. The first-order chi connectivity index (χ1) is 7.20. The Labute approximate surface area is 94.6 Å². The first-order valence-electron chi connectivity index (χ1n) is 5.33. The summed E-state index contributed by atoms with van der Waals surface area (Å²) in [6.07, 6.45) is 3.21. The van der Waals surface area contributed by atoms with E-state index in [2.05, 4.69) is 5.32 Å². The molecule has 1 aromatic carbocycles. The van der Waals surface area contributed by atoms with Gasteiger partial charge in [-0.2, -0.15) is 0 Å². The Morgan fingerprint density at radius 2 is 2.20 bits per heavy atom. The lowest BCUT2D eigenvalue weighted by atomic mass is 9.97. The lowest BCUT2D eigenvalue weighted by molar-refractivity contribution is 0.553. The van der Waals surface area contributed by atoms with E-state index in [0.29, 0.717) is 17.0 Å². The van der Waals surface area contributed by atoms with Gasteiger partial charge in [0, 0.05) is 11.1 Å². The molecule has 0 bridgehead atoms. The van der Waals surface area contributed by atoms with Crippen LogP contribution in [0.15, 0.2) is 18.2 Å². The Morgan fingerprint density at radius 3 is 2.80 bits per heavy atom. The van der Waals surface area contributed by atoms with Crippen LogP contribution in [0.1, 0.15) is 30.7 Å². The molecule has 1 N–H and O–H groups in total. The largest absolute Gasteiger partial charge is 0.317 e. The molecular weight excluding hydrogens is 213 g/mol.